The van der Waals surface area contributed by atoms with E-state index in [9.17, 15) is 4.79 Å². The quantitative estimate of drug-likeness (QED) is 0.479. The molecule has 148 valence electrons. The first kappa shape index (κ1) is 18.4. The maximum Gasteiger partial charge on any atom is 0.255 e. The van der Waals surface area contributed by atoms with E-state index < -0.39 is 0 Å². The van der Waals surface area contributed by atoms with Crippen LogP contribution in [0.4, 0.5) is 17.2 Å². The van der Waals surface area contributed by atoms with Crippen LogP contribution in [0.5, 0.6) is 0 Å². The van der Waals surface area contributed by atoms with E-state index in [4.69, 9.17) is 4.98 Å². The Balaban J connectivity index is 1.40. The standard InChI is InChI=1S/C26H23N3O/c1-17-4-3-5-22(14-17)27-26(30)19-8-10-23(11-9-19)29-13-12-21-16-20-7-6-18(2)15-24(20)28-25(21)29/h3-11,14-16H,12-13H2,1-2H3,(H,27,30). The van der Waals surface area contributed by atoms with Crippen LogP contribution in [0.1, 0.15) is 27.0 Å². The van der Waals surface area contributed by atoms with Crippen LogP contribution in [0.3, 0.4) is 0 Å². The van der Waals surface area contributed by atoms with Crippen LogP contribution in [-0.4, -0.2) is 17.4 Å². The summed E-state index contributed by atoms with van der Waals surface area (Å²) in [4.78, 5) is 19.8. The van der Waals surface area contributed by atoms with Crippen molar-refractivity contribution in [3.05, 3.63) is 95.1 Å². The lowest BCUT2D eigenvalue weighted by Crippen LogP contribution is -2.15. The molecule has 1 aliphatic heterocycles. The average Bonchev–Trinajstić information content (AvgIpc) is 3.15. The summed E-state index contributed by atoms with van der Waals surface area (Å²) >= 11 is 0. The summed E-state index contributed by atoms with van der Waals surface area (Å²) in [6, 6.07) is 24.2. The maximum atomic E-state index is 12.6. The zero-order valence-corrected chi connectivity index (χ0v) is 17.1. The Bertz CT molecular complexity index is 1260. The van der Waals surface area contributed by atoms with Crippen molar-refractivity contribution in [2.24, 2.45) is 0 Å². The summed E-state index contributed by atoms with van der Waals surface area (Å²) in [5.74, 6) is 0.915. The number of nitrogens with one attached hydrogen (secondary N) is 1. The molecule has 4 heteroatoms. The molecule has 0 atom stereocenters. The van der Waals surface area contributed by atoms with Crippen molar-refractivity contribution in [2.45, 2.75) is 20.3 Å². The predicted octanol–water partition coefficient (Wildman–Crippen LogP) is 5.80. The van der Waals surface area contributed by atoms with Gasteiger partial charge in [-0.25, -0.2) is 4.98 Å². The van der Waals surface area contributed by atoms with Crippen molar-refractivity contribution in [3.8, 4) is 0 Å². The van der Waals surface area contributed by atoms with Gasteiger partial charge in [0.05, 0.1) is 5.52 Å². The first-order chi connectivity index (χ1) is 14.6. The van der Waals surface area contributed by atoms with E-state index in [0.717, 1.165) is 41.2 Å². The highest BCUT2D eigenvalue weighted by atomic mass is 16.1. The van der Waals surface area contributed by atoms with Crippen LogP contribution in [0.25, 0.3) is 10.9 Å². The van der Waals surface area contributed by atoms with Crippen molar-refractivity contribution in [1.29, 1.82) is 0 Å². The van der Waals surface area contributed by atoms with Crippen molar-refractivity contribution < 1.29 is 4.79 Å². The molecule has 1 N–H and O–H groups in total. The fourth-order valence-corrected chi connectivity index (χ4v) is 4.04. The number of pyridine rings is 1. The van der Waals surface area contributed by atoms with Gasteiger partial charge < -0.3 is 10.2 Å². The average molecular weight is 393 g/mol. The van der Waals surface area contributed by atoms with Crippen molar-refractivity contribution in [3.63, 3.8) is 0 Å². The SMILES string of the molecule is Cc1cccc(NC(=O)c2ccc(N3CCc4cc5ccc(C)cc5nc43)cc2)c1. The van der Waals surface area contributed by atoms with Gasteiger partial charge in [-0.05, 0) is 85.5 Å². The number of carbonyl (C=O) groups is 1. The molecule has 3 aromatic carbocycles. The van der Waals surface area contributed by atoms with E-state index in [-0.39, 0.29) is 5.91 Å². The Hall–Kier alpha value is -3.66. The van der Waals surface area contributed by atoms with Gasteiger partial charge in [-0.1, -0.05) is 24.3 Å². The highest BCUT2D eigenvalue weighted by Crippen LogP contribution is 2.35. The number of benzene rings is 3. The highest BCUT2D eigenvalue weighted by Gasteiger charge is 2.23. The molecule has 0 bridgehead atoms. The largest absolute Gasteiger partial charge is 0.326 e. The number of hydrogen-bond acceptors (Lipinski definition) is 3. The van der Waals surface area contributed by atoms with Gasteiger partial charge in [0.15, 0.2) is 0 Å². The molecular weight excluding hydrogens is 370 g/mol. The molecule has 0 radical (unpaired) electrons. The minimum Gasteiger partial charge on any atom is -0.326 e. The zero-order valence-electron chi connectivity index (χ0n) is 17.1. The Morgan fingerprint density at radius 2 is 1.73 bits per heavy atom. The summed E-state index contributed by atoms with van der Waals surface area (Å²) in [6.07, 6.45) is 0.974. The Morgan fingerprint density at radius 3 is 2.53 bits per heavy atom. The molecule has 30 heavy (non-hydrogen) atoms. The van der Waals surface area contributed by atoms with E-state index in [1.54, 1.807) is 0 Å². The van der Waals surface area contributed by atoms with Gasteiger partial charge in [-0.15, -0.1) is 0 Å². The van der Waals surface area contributed by atoms with E-state index in [1.165, 1.54) is 16.5 Å². The molecule has 0 unspecified atom stereocenters. The smallest absolute Gasteiger partial charge is 0.255 e. The molecular formula is C26H23N3O. The van der Waals surface area contributed by atoms with E-state index in [0.29, 0.717) is 5.56 Å². The van der Waals surface area contributed by atoms with Crippen molar-refractivity contribution in [2.75, 3.05) is 16.8 Å². The second kappa shape index (κ2) is 7.30. The molecule has 5 rings (SSSR count). The Labute approximate surface area is 176 Å². The lowest BCUT2D eigenvalue weighted by atomic mass is 10.1. The van der Waals surface area contributed by atoms with Crippen LogP contribution >= 0.6 is 0 Å². The van der Waals surface area contributed by atoms with Crippen LogP contribution in [0.15, 0.2) is 72.8 Å². The van der Waals surface area contributed by atoms with Gasteiger partial charge in [0, 0.05) is 28.9 Å². The van der Waals surface area contributed by atoms with Crippen LogP contribution in [0.2, 0.25) is 0 Å². The third-order valence-corrected chi connectivity index (χ3v) is 5.61. The summed E-state index contributed by atoms with van der Waals surface area (Å²) in [6.45, 7) is 5.00. The third kappa shape index (κ3) is 3.41. The number of nitrogens with zero attached hydrogens (tertiary/aromatic N) is 2. The van der Waals surface area contributed by atoms with Gasteiger partial charge in [0.2, 0.25) is 0 Å². The van der Waals surface area contributed by atoms with Gasteiger partial charge in [0.1, 0.15) is 5.82 Å². The van der Waals surface area contributed by atoms with E-state index in [1.807, 2.05) is 55.5 Å². The number of rotatable bonds is 3. The molecule has 0 spiro atoms. The fraction of sp³-hybridized carbons (Fsp3) is 0.154. The highest BCUT2D eigenvalue weighted by molar-refractivity contribution is 6.04. The monoisotopic (exact) mass is 393 g/mol. The Kier molecular flexibility index (Phi) is 4.47. The fourth-order valence-electron chi connectivity index (χ4n) is 4.04. The van der Waals surface area contributed by atoms with Crippen molar-refractivity contribution in [1.82, 2.24) is 4.98 Å². The normalized spacial score (nSPS) is 12.8. The summed E-state index contributed by atoms with van der Waals surface area (Å²) in [5.41, 5.74) is 7.13. The lowest BCUT2D eigenvalue weighted by molar-refractivity contribution is 0.102. The number of carbonyl (C=O) groups excluding carboxylic acids is 1. The lowest BCUT2D eigenvalue weighted by Gasteiger charge is -2.19. The van der Waals surface area contributed by atoms with E-state index in [2.05, 4.69) is 41.4 Å². The van der Waals surface area contributed by atoms with Gasteiger partial charge in [-0.3, -0.25) is 4.79 Å². The van der Waals surface area contributed by atoms with Gasteiger partial charge in [-0.2, -0.15) is 0 Å². The molecule has 0 fully saturated rings. The van der Waals surface area contributed by atoms with Gasteiger partial charge >= 0.3 is 0 Å². The first-order valence-electron chi connectivity index (χ1n) is 10.2. The topological polar surface area (TPSA) is 45.2 Å². The number of amides is 1. The second-order valence-electron chi connectivity index (χ2n) is 7.94. The Morgan fingerprint density at radius 1 is 0.933 bits per heavy atom. The summed E-state index contributed by atoms with van der Waals surface area (Å²) < 4.78 is 0. The van der Waals surface area contributed by atoms with Gasteiger partial charge in [0.25, 0.3) is 5.91 Å². The molecule has 1 aliphatic rings. The third-order valence-electron chi connectivity index (χ3n) is 5.61. The molecule has 1 aromatic heterocycles. The maximum absolute atomic E-state index is 12.6. The predicted molar refractivity (Wildman–Crippen MR) is 123 cm³/mol. The van der Waals surface area contributed by atoms with Crippen LogP contribution < -0.4 is 10.2 Å². The zero-order chi connectivity index (χ0) is 20.7. The molecule has 0 saturated carbocycles. The van der Waals surface area contributed by atoms with Crippen molar-refractivity contribution >= 4 is 34.0 Å². The minimum atomic E-state index is -0.103. The number of aryl methyl sites for hydroxylation is 2. The number of aromatic nitrogens is 1. The molecule has 2 heterocycles. The number of fused-ring (bicyclic) bond motifs is 2. The molecule has 0 saturated heterocycles. The van der Waals surface area contributed by atoms with Crippen LogP contribution in [0, 0.1) is 13.8 Å². The summed E-state index contributed by atoms with van der Waals surface area (Å²) in [7, 11) is 0. The van der Waals surface area contributed by atoms with Crippen LogP contribution in [-0.2, 0) is 6.42 Å². The summed E-state index contributed by atoms with van der Waals surface area (Å²) in [5, 5.41) is 4.15. The number of hydrogen-bond donors (Lipinski definition) is 1. The molecule has 4 aromatic rings. The van der Waals surface area contributed by atoms with E-state index >= 15 is 0 Å². The molecule has 0 aliphatic carbocycles. The number of anilines is 3. The molecule has 1 amide bonds. The second-order valence-corrected chi connectivity index (χ2v) is 7.94. The molecule has 4 nitrogen and oxygen atoms in total. The minimum absolute atomic E-state index is 0.103. The first-order valence-corrected chi connectivity index (χ1v) is 10.2.